The molecule has 0 aliphatic heterocycles. The molecular formula is C9H10Cl5NO. The molecule has 0 saturated carbocycles. The average molecular weight is 325 g/mol. The number of ether oxygens (including phenoxy) is 1. The van der Waals surface area contributed by atoms with Crippen LogP contribution in [0.2, 0.25) is 10.0 Å². The summed E-state index contributed by atoms with van der Waals surface area (Å²) in [4.78, 5) is 0. The van der Waals surface area contributed by atoms with Crippen molar-refractivity contribution in [1.82, 2.24) is 0 Å². The van der Waals surface area contributed by atoms with Gasteiger partial charge in [-0.15, -0.1) is 0 Å². The van der Waals surface area contributed by atoms with Gasteiger partial charge < -0.3 is 10.5 Å². The third-order valence-electron chi connectivity index (χ3n) is 1.60. The van der Waals surface area contributed by atoms with Crippen molar-refractivity contribution < 1.29 is 4.74 Å². The fourth-order valence-electron chi connectivity index (χ4n) is 0.913. The second kappa shape index (κ2) is 7.57. The molecule has 16 heavy (non-hydrogen) atoms. The van der Waals surface area contributed by atoms with Crippen LogP contribution in [0, 0.1) is 6.92 Å². The average Bonchev–Trinajstić information content (AvgIpc) is 2.19. The first-order valence-corrected chi connectivity index (χ1v) is 6.08. The van der Waals surface area contributed by atoms with Gasteiger partial charge in [-0.25, -0.2) is 0 Å². The molecule has 0 aliphatic carbocycles. The van der Waals surface area contributed by atoms with Gasteiger partial charge >= 0.3 is 0 Å². The Morgan fingerprint density at radius 3 is 2.00 bits per heavy atom. The minimum absolute atomic E-state index is 0.369. The molecule has 0 aliphatic rings. The van der Waals surface area contributed by atoms with E-state index in [4.69, 9.17) is 68.5 Å². The number of aryl methyl sites for hydroxylation is 1. The number of benzene rings is 1. The third kappa shape index (κ3) is 5.07. The molecule has 0 saturated heterocycles. The predicted molar refractivity (Wildman–Crippen MR) is 73.5 cm³/mol. The highest BCUT2D eigenvalue weighted by Gasteiger charge is 2.10. The Morgan fingerprint density at radius 1 is 1.19 bits per heavy atom. The molecule has 0 aromatic heterocycles. The van der Waals surface area contributed by atoms with Crippen LogP contribution in [0.1, 0.15) is 5.56 Å². The predicted octanol–water partition coefficient (Wildman–Crippen LogP) is 4.88. The third-order valence-corrected chi connectivity index (χ3v) is 2.49. The molecule has 1 aromatic rings. The van der Waals surface area contributed by atoms with Crippen molar-refractivity contribution in [1.29, 1.82) is 0 Å². The number of anilines is 1. The van der Waals surface area contributed by atoms with Crippen LogP contribution in [-0.2, 0) is 0 Å². The highest BCUT2D eigenvalue weighted by molar-refractivity contribution is 6.63. The van der Waals surface area contributed by atoms with Gasteiger partial charge in [0.1, 0.15) is 10.8 Å². The highest BCUT2D eigenvalue weighted by Crippen LogP contribution is 2.37. The Morgan fingerprint density at radius 2 is 1.62 bits per heavy atom. The standard InChI is InChI=1S/C8H9Cl2NO.CHCl3/c1-4-3-5(12-2)7(10)8(11)6(4)9;2-1(3)4/h3H,11H2,1-2H3;1H. The Hall–Kier alpha value is 0.270. The van der Waals surface area contributed by atoms with E-state index in [9.17, 15) is 0 Å². The van der Waals surface area contributed by atoms with Gasteiger partial charge in [0, 0.05) is 0 Å². The first kappa shape index (κ1) is 16.3. The van der Waals surface area contributed by atoms with Gasteiger partial charge in [-0.2, -0.15) is 0 Å². The molecule has 0 amide bonds. The monoisotopic (exact) mass is 323 g/mol. The Bertz CT molecular complexity index is 353. The lowest BCUT2D eigenvalue weighted by atomic mass is 10.2. The normalized spacial score (nSPS) is 9.75. The van der Waals surface area contributed by atoms with Gasteiger partial charge in [-0.3, -0.25) is 0 Å². The van der Waals surface area contributed by atoms with E-state index in [1.54, 1.807) is 6.07 Å². The van der Waals surface area contributed by atoms with Crippen LogP contribution >= 0.6 is 58.0 Å². The topological polar surface area (TPSA) is 35.2 Å². The second-order valence-electron chi connectivity index (χ2n) is 2.68. The molecule has 0 radical (unpaired) electrons. The SMILES string of the molecule is COc1cc(C)c(Cl)c(N)c1Cl.ClC(Cl)Cl. The van der Waals surface area contributed by atoms with Gasteiger partial charge in [0.25, 0.3) is 0 Å². The molecule has 2 N–H and O–H groups in total. The Balaban J connectivity index is 0.000000487. The van der Waals surface area contributed by atoms with Crippen LogP contribution in [0.5, 0.6) is 5.75 Å². The van der Waals surface area contributed by atoms with Crippen molar-refractivity contribution in [2.24, 2.45) is 0 Å². The number of nitrogen functional groups attached to an aromatic ring is 1. The van der Waals surface area contributed by atoms with Gasteiger partial charge in [0.05, 0.1) is 17.8 Å². The molecule has 0 atom stereocenters. The maximum atomic E-state index is 5.85. The molecule has 0 fully saturated rings. The Kier molecular flexibility index (Phi) is 7.70. The van der Waals surface area contributed by atoms with Crippen molar-refractivity contribution in [2.75, 3.05) is 12.8 Å². The summed E-state index contributed by atoms with van der Waals surface area (Å²) in [5.41, 5.74) is 6.84. The van der Waals surface area contributed by atoms with Gasteiger partial charge in [0.2, 0.25) is 0 Å². The summed E-state index contributed by atoms with van der Waals surface area (Å²) in [6, 6.07) is 1.75. The number of nitrogens with two attached hydrogens (primary N) is 1. The van der Waals surface area contributed by atoms with E-state index in [2.05, 4.69) is 0 Å². The number of rotatable bonds is 1. The molecule has 7 heteroatoms. The summed E-state index contributed by atoms with van der Waals surface area (Å²) in [7, 11) is 1.54. The molecule has 0 bridgehead atoms. The summed E-state index contributed by atoms with van der Waals surface area (Å²) >= 11 is 26.1. The Labute approximate surface area is 120 Å². The van der Waals surface area contributed by atoms with Crippen LogP contribution in [0.4, 0.5) is 5.69 Å². The van der Waals surface area contributed by atoms with Crippen LogP contribution in [-0.4, -0.2) is 11.4 Å². The van der Waals surface area contributed by atoms with Crippen molar-refractivity contribution in [3.05, 3.63) is 21.7 Å². The summed E-state index contributed by atoms with van der Waals surface area (Å²) in [5, 5.41) is 0.855. The zero-order chi connectivity index (χ0) is 12.9. The van der Waals surface area contributed by atoms with Crippen LogP contribution in [0.25, 0.3) is 0 Å². The van der Waals surface area contributed by atoms with E-state index in [1.807, 2.05) is 6.92 Å². The van der Waals surface area contributed by atoms with Gasteiger partial charge in [-0.05, 0) is 18.6 Å². The van der Waals surface area contributed by atoms with Crippen molar-refractivity contribution >= 4 is 63.7 Å². The number of methoxy groups -OCH3 is 1. The van der Waals surface area contributed by atoms with Crippen LogP contribution in [0.3, 0.4) is 0 Å². The van der Waals surface area contributed by atoms with E-state index < -0.39 is 4.30 Å². The summed E-state index contributed by atoms with van der Waals surface area (Å²) in [5.74, 6) is 0.552. The van der Waals surface area contributed by atoms with E-state index >= 15 is 0 Å². The molecule has 0 heterocycles. The molecule has 1 aromatic carbocycles. The lowest BCUT2D eigenvalue weighted by Crippen LogP contribution is -1.94. The van der Waals surface area contributed by atoms with Crippen molar-refractivity contribution in [3.8, 4) is 5.75 Å². The summed E-state index contributed by atoms with van der Waals surface area (Å²) in [6.45, 7) is 1.84. The smallest absolute Gasteiger partial charge is 0.180 e. The van der Waals surface area contributed by atoms with E-state index in [0.717, 1.165) is 5.56 Å². The van der Waals surface area contributed by atoms with Gasteiger partial charge in [0.15, 0.2) is 4.30 Å². The maximum absolute atomic E-state index is 5.85. The van der Waals surface area contributed by atoms with E-state index in [0.29, 0.717) is 21.5 Å². The fraction of sp³-hybridized carbons (Fsp3) is 0.333. The fourth-order valence-corrected chi connectivity index (χ4v) is 1.34. The molecular weight excluding hydrogens is 315 g/mol. The second-order valence-corrected chi connectivity index (χ2v) is 5.42. The van der Waals surface area contributed by atoms with Crippen molar-refractivity contribution in [2.45, 2.75) is 11.2 Å². The minimum Gasteiger partial charge on any atom is -0.495 e. The molecule has 0 unspecified atom stereocenters. The van der Waals surface area contributed by atoms with E-state index in [-0.39, 0.29) is 0 Å². The van der Waals surface area contributed by atoms with Gasteiger partial charge in [-0.1, -0.05) is 58.0 Å². The quantitative estimate of drug-likeness (QED) is 0.590. The molecule has 0 spiro atoms. The zero-order valence-corrected chi connectivity index (χ0v) is 12.3. The molecule has 2 nitrogen and oxygen atoms in total. The zero-order valence-electron chi connectivity index (χ0n) is 8.53. The molecule has 92 valence electrons. The number of hydrogen-bond acceptors (Lipinski definition) is 2. The van der Waals surface area contributed by atoms with Crippen LogP contribution < -0.4 is 10.5 Å². The first-order chi connectivity index (χ1) is 7.31. The molecule has 1 rings (SSSR count). The van der Waals surface area contributed by atoms with E-state index in [1.165, 1.54) is 7.11 Å². The first-order valence-electron chi connectivity index (χ1n) is 4.01. The minimum atomic E-state index is -0.750. The highest BCUT2D eigenvalue weighted by atomic mass is 35.6. The summed E-state index contributed by atoms with van der Waals surface area (Å²) < 4.78 is 4.24. The lowest BCUT2D eigenvalue weighted by Gasteiger charge is -2.09. The lowest BCUT2D eigenvalue weighted by molar-refractivity contribution is 0.415. The maximum Gasteiger partial charge on any atom is 0.180 e. The van der Waals surface area contributed by atoms with Crippen molar-refractivity contribution in [3.63, 3.8) is 0 Å². The largest absolute Gasteiger partial charge is 0.495 e. The summed E-state index contributed by atoms with van der Waals surface area (Å²) in [6.07, 6.45) is 0. The number of halogens is 5. The number of hydrogen-bond donors (Lipinski definition) is 1. The number of alkyl halides is 3. The van der Waals surface area contributed by atoms with Crippen LogP contribution in [0.15, 0.2) is 6.07 Å².